The van der Waals surface area contributed by atoms with E-state index in [0.29, 0.717) is 11.4 Å². The first-order chi connectivity index (χ1) is 8.90. The molecule has 0 aromatic carbocycles. The maximum atomic E-state index is 12.9. The lowest BCUT2D eigenvalue weighted by Crippen LogP contribution is -2.23. The first kappa shape index (κ1) is 13.4. The Morgan fingerprint density at radius 3 is 2.74 bits per heavy atom. The molecule has 102 valence electrons. The zero-order valence-electron chi connectivity index (χ0n) is 10.0. The molecule has 0 amide bonds. The van der Waals surface area contributed by atoms with Gasteiger partial charge in [0.1, 0.15) is 16.5 Å². The third kappa shape index (κ3) is 2.88. The SMILES string of the molecule is Cn1ncc(CNS(=O)(=O)c2cncc(F)c2)c1N. The summed E-state index contributed by atoms with van der Waals surface area (Å²) in [6, 6.07) is 0.891. The Kier molecular flexibility index (Phi) is 3.49. The van der Waals surface area contributed by atoms with E-state index >= 15 is 0 Å². The molecule has 9 heteroatoms. The Labute approximate surface area is 109 Å². The highest BCUT2D eigenvalue weighted by molar-refractivity contribution is 7.89. The van der Waals surface area contributed by atoms with Crippen LogP contribution in [0.2, 0.25) is 0 Å². The first-order valence-corrected chi connectivity index (χ1v) is 6.75. The average molecular weight is 285 g/mol. The molecule has 19 heavy (non-hydrogen) atoms. The summed E-state index contributed by atoms with van der Waals surface area (Å²) in [5.74, 6) is -0.358. The highest BCUT2D eigenvalue weighted by Crippen LogP contribution is 2.12. The van der Waals surface area contributed by atoms with E-state index in [2.05, 4.69) is 14.8 Å². The molecule has 2 rings (SSSR count). The quantitative estimate of drug-likeness (QED) is 0.824. The molecule has 0 fully saturated rings. The molecule has 2 aromatic rings. The number of rotatable bonds is 4. The van der Waals surface area contributed by atoms with Gasteiger partial charge in [0.25, 0.3) is 0 Å². The number of nitrogen functional groups attached to an aromatic ring is 1. The minimum Gasteiger partial charge on any atom is -0.384 e. The van der Waals surface area contributed by atoms with E-state index in [1.165, 1.54) is 10.9 Å². The standard InChI is InChI=1S/C10H12FN5O2S/c1-16-10(12)7(3-14-16)4-15-19(17,18)9-2-8(11)5-13-6-9/h2-3,5-6,15H,4,12H2,1H3. The van der Waals surface area contributed by atoms with E-state index in [4.69, 9.17) is 5.73 Å². The molecule has 0 radical (unpaired) electrons. The Balaban J connectivity index is 2.17. The topological polar surface area (TPSA) is 103 Å². The predicted molar refractivity (Wildman–Crippen MR) is 65.8 cm³/mol. The summed E-state index contributed by atoms with van der Waals surface area (Å²) in [7, 11) is -2.19. The summed E-state index contributed by atoms with van der Waals surface area (Å²) in [6.07, 6.45) is 3.46. The predicted octanol–water partition coefficient (Wildman–Crippen LogP) is 0.0149. The van der Waals surface area contributed by atoms with Crippen LogP contribution in [0.15, 0.2) is 29.6 Å². The first-order valence-electron chi connectivity index (χ1n) is 5.27. The highest BCUT2D eigenvalue weighted by atomic mass is 32.2. The van der Waals surface area contributed by atoms with Crippen molar-refractivity contribution in [2.75, 3.05) is 5.73 Å². The van der Waals surface area contributed by atoms with Crippen molar-refractivity contribution in [3.05, 3.63) is 36.0 Å². The van der Waals surface area contributed by atoms with Crippen molar-refractivity contribution < 1.29 is 12.8 Å². The van der Waals surface area contributed by atoms with Crippen LogP contribution in [0.25, 0.3) is 0 Å². The summed E-state index contributed by atoms with van der Waals surface area (Å²) >= 11 is 0. The molecule has 0 aliphatic carbocycles. The van der Waals surface area contributed by atoms with Crippen molar-refractivity contribution in [2.24, 2.45) is 7.05 Å². The van der Waals surface area contributed by atoms with Gasteiger partial charge >= 0.3 is 0 Å². The molecule has 0 saturated carbocycles. The van der Waals surface area contributed by atoms with E-state index in [9.17, 15) is 12.8 Å². The highest BCUT2D eigenvalue weighted by Gasteiger charge is 2.16. The number of hydrogen-bond acceptors (Lipinski definition) is 5. The van der Waals surface area contributed by atoms with E-state index < -0.39 is 15.8 Å². The molecule has 2 heterocycles. The molecular formula is C10H12FN5O2S. The molecule has 2 aromatic heterocycles. The molecule has 0 aliphatic heterocycles. The monoisotopic (exact) mass is 285 g/mol. The lowest BCUT2D eigenvalue weighted by atomic mass is 10.3. The lowest BCUT2D eigenvalue weighted by Gasteiger charge is -2.06. The van der Waals surface area contributed by atoms with E-state index in [1.807, 2.05) is 0 Å². The van der Waals surface area contributed by atoms with Crippen LogP contribution in [-0.4, -0.2) is 23.2 Å². The van der Waals surface area contributed by atoms with Crippen LogP contribution in [0, 0.1) is 5.82 Å². The Morgan fingerprint density at radius 1 is 1.42 bits per heavy atom. The largest absolute Gasteiger partial charge is 0.384 e. The van der Waals surface area contributed by atoms with Crippen molar-refractivity contribution in [1.29, 1.82) is 0 Å². The van der Waals surface area contributed by atoms with Crippen LogP contribution >= 0.6 is 0 Å². The fourth-order valence-corrected chi connectivity index (χ4v) is 2.40. The van der Waals surface area contributed by atoms with E-state index in [1.54, 1.807) is 7.05 Å². The van der Waals surface area contributed by atoms with Crippen LogP contribution in [0.4, 0.5) is 10.2 Å². The number of anilines is 1. The third-order valence-corrected chi connectivity index (χ3v) is 3.88. The van der Waals surface area contributed by atoms with Crippen molar-refractivity contribution in [2.45, 2.75) is 11.4 Å². The second-order valence-corrected chi connectivity index (χ2v) is 5.61. The summed E-state index contributed by atoms with van der Waals surface area (Å²) < 4.78 is 40.4. The Bertz CT molecular complexity index is 698. The minimum atomic E-state index is -3.83. The fraction of sp³-hybridized carbons (Fsp3) is 0.200. The van der Waals surface area contributed by atoms with Crippen molar-refractivity contribution in [3.63, 3.8) is 0 Å². The Morgan fingerprint density at radius 2 is 2.16 bits per heavy atom. The molecule has 0 unspecified atom stereocenters. The number of nitrogens with two attached hydrogens (primary N) is 1. The summed E-state index contributed by atoms with van der Waals surface area (Å²) in [4.78, 5) is 3.25. The van der Waals surface area contributed by atoms with Gasteiger partial charge in [-0.15, -0.1) is 0 Å². The normalized spacial score (nSPS) is 11.7. The summed E-state index contributed by atoms with van der Waals surface area (Å²) in [5, 5.41) is 3.89. The summed E-state index contributed by atoms with van der Waals surface area (Å²) in [6.45, 7) is -0.0292. The van der Waals surface area contributed by atoms with Gasteiger partial charge in [-0.25, -0.2) is 17.5 Å². The number of pyridine rings is 1. The maximum Gasteiger partial charge on any atom is 0.242 e. The number of hydrogen-bond donors (Lipinski definition) is 2. The number of nitrogens with zero attached hydrogens (tertiary/aromatic N) is 3. The average Bonchev–Trinajstić information content (AvgIpc) is 2.68. The van der Waals surface area contributed by atoms with Gasteiger partial charge in [0, 0.05) is 25.4 Å². The molecule has 0 saturated heterocycles. The molecule has 0 atom stereocenters. The summed E-state index contributed by atoms with van der Waals surface area (Å²) in [5.41, 5.74) is 6.23. The molecule has 0 bridgehead atoms. The molecule has 0 aliphatic rings. The van der Waals surface area contributed by atoms with Gasteiger partial charge in [0.15, 0.2) is 0 Å². The van der Waals surface area contributed by atoms with Gasteiger partial charge < -0.3 is 5.73 Å². The van der Waals surface area contributed by atoms with Crippen LogP contribution in [-0.2, 0) is 23.6 Å². The van der Waals surface area contributed by atoms with E-state index in [-0.39, 0.29) is 11.4 Å². The fourth-order valence-electron chi connectivity index (χ4n) is 1.42. The zero-order valence-corrected chi connectivity index (χ0v) is 10.9. The number of aryl methyl sites for hydroxylation is 1. The molecule has 7 nitrogen and oxygen atoms in total. The van der Waals surface area contributed by atoms with Crippen LogP contribution < -0.4 is 10.5 Å². The molecule has 3 N–H and O–H groups in total. The third-order valence-electron chi connectivity index (χ3n) is 2.51. The minimum absolute atomic E-state index is 0.0292. The second kappa shape index (κ2) is 4.94. The van der Waals surface area contributed by atoms with Crippen LogP contribution in [0.5, 0.6) is 0 Å². The van der Waals surface area contributed by atoms with Crippen molar-refractivity contribution in [1.82, 2.24) is 19.5 Å². The van der Waals surface area contributed by atoms with Crippen molar-refractivity contribution in [3.8, 4) is 0 Å². The molecule has 0 spiro atoms. The van der Waals surface area contributed by atoms with Gasteiger partial charge in [-0.3, -0.25) is 9.67 Å². The number of aromatic nitrogens is 3. The van der Waals surface area contributed by atoms with Crippen molar-refractivity contribution >= 4 is 15.8 Å². The number of sulfonamides is 1. The number of nitrogens with one attached hydrogen (secondary N) is 1. The van der Waals surface area contributed by atoms with Crippen LogP contribution in [0.3, 0.4) is 0 Å². The smallest absolute Gasteiger partial charge is 0.242 e. The molecular weight excluding hydrogens is 273 g/mol. The lowest BCUT2D eigenvalue weighted by molar-refractivity contribution is 0.575. The van der Waals surface area contributed by atoms with E-state index in [0.717, 1.165) is 18.5 Å². The van der Waals surface area contributed by atoms with Gasteiger partial charge in [0.05, 0.1) is 12.4 Å². The van der Waals surface area contributed by atoms with Gasteiger partial charge in [-0.1, -0.05) is 0 Å². The van der Waals surface area contributed by atoms with Gasteiger partial charge in [-0.05, 0) is 6.07 Å². The second-order valence-electron chi connectivity index (χ2n) is 3.84. The zero-order chi connectivity index (χ0) is 14.0. The van der Waals surface area contributed by atoms with Crippen LogP contribution in [0.1, 0.15) is 5.56 Å². The van der Waals surface area contributed by atoms with Gasteiger partial charge in [-0.2, -0.15) is 5.10 Å². The van der Waals surface area contributed by atoms with Gasteiger partial charge in [0.2, 0.25) is 10.0 Å². The Hall–Kier alpha value is -2.00. The number of halogens is 1. The maximum absolute atomic E-state index is 12.9.